The zero-order valence-electron chi connectivity index (χ0n) is 12.0. The summed E-state index contributed by atoms with van der Waals surface area (Å²) in [6.45, 7) is 0. The van der Waals surface area contributed by atoms with Gasteiger partial charge in [0.25, 0.3) is 5.91 Å². The number of amides is 1. The molecule has 3 N–H and O–H groups in total. The number of benzene rings is 2. The second-order valence-corrected chi connectivity index (χ2v) is 5.19. The van der Waals surface area contributed by atoms with Gasteiger partial charge in [0.15, 0.2) is 0 Å². The monoisotopic (exact) mass is 324 g/mol. The van der Waals surface area contributed by atoms with Crippen LogP contribution in [-0.4, -0.2) is 16.9 Å². The minimum atomic E-state index is -0.364. The van der Waals surface area contributed by atoms with Gasteiger partial charge in [-0.05, 0) is 24.3 Å². The molecule has 0 bridgehead atoms. The van der Waals surface area contributed by atoms with E-state index in [9.17, 15) is 4.79 Å². The third-order valence-electron chi connectivity index (χ3n) is 3.21. The highest BCUT2D eigenvalue weighted by Gasteiger charge is 2.12. The molecule has 2 aromatic carbocycles. The Bertz CT molecular complexity index is 893. The number of aromatic nitrogens is 1. The molecule has 5 nitrogen and oxygen atoms in total. The molecular formula is C17H13ClN4O. The number of carbonyl (C=O) groups excluding carboxylic acids is 1. The Morgan fingerprint density at radius 3 is 2.65 bits per heavy atom. The van der Waals surface area contributed by atoms with Gasteiger partial charge in [-0.25, -0.2) is 4.99 Å². The fraction of sp³-hybridized carbons (Fsp3) is 0. The quantitative estimate of drug-likeness (QED) is 0.561. The molecule has 0 unspecified atom stereocenters. The summed E-state index contributed by atoms with van der Waals surface area (Å²) in [5.41, 5.74) is 7.46. The van der Waals surface area contributed by atoms with E-state index >= 15 is 0 Å². The molecule has 0 saturated carbocycles. The highest BCUT2D eigenvalue weighted by Crippen LogP contribution is 2.23. The van der Waals surface area contributed by atoms with Gasteiger partial charge in [-0.15, -0.1) is 0 Å². The number of aliphatic imine (C=N–C) groups is 1. The number of pyridine rings is 1. The molecule has 0 aliphatic heterocycles. The lowest BCUT2D eigenvalue weighted by Gasteiger charge is -2.08. The van der Waals surface area contributed by atoms with Crippen LogP contribution in [-0.2, 0) is 0 Å². The standard InChI is InChI=1S/C17H13ClN4O/c18-14-8-4-7-12-13(9-10-20-15(12)14)16(23)22-17(19)21-11-5-2-1-3-6-11/h1-10H,(H3,19,21,22,23). The van der Waals surface area contributed by atoms with Gasteiger partial charge in [0.1, 0.15) is 0 Å². The van der Waals surface area contributed by atoms with Crippen LogP contribution in [0.2, 0.25) is 5.02 Å². The number of nitrogens with one attached hydrogen (secondary N) is 1. The van der Waals surface area contributed by atoms with E-state index in [2.05, 4.69) is 15.3 Å². The molecule has 3 aromatic rings. The summed E-state index contributed by atoms with van der Waals surface area (Å²) in [7, 11) is 0. The topological polar surface area (TPSA) is 80.4 Å². The van der Waals surface area contributed by atoms with Gasteiger partial charge in [-0.2, -0.15) is 0 Å². The normalized spacial score (nSPS) is 11.4. The Hall–Kier alpha value is -2.92. The summed E-state index contributed by atoms with van der Waals surface area (Å²) in [6.07, 6.45) is 1.54. The van der Waals surface area contributed by atoms with Crippen molar-refractivity contribution in [3.63, 3.8) is 0 Å². The van der Waals surface area contributed by atoms with E-state index in [4.69, 9.17) is 17.3 Å². The van der Waals surface area contributed by atoms with Crippen LogP contribution in [0.4, 0.5) is 5.69 Å². The van der Waals surface area contributed by atoms with Crippen molar-refractivity contribution in [3.05, 3.63) is 71.4 Å². The van der Waals surface area contributed by atoms with Crippen molar-refractivity contribution < 1.29 is 4.79 Å². The number of fused-ring (bicyclic) bond motifs is 1. The largest absolute Gasteiger partial charge is 0.369 e. The van der Waals surface area contributed by atoms with Gasteiger partial charge < -0.3 is 5.73 Å². The van der Waals surface area contributed by atoms with Crippen LogP contribution < -0.4 is 11.1 Å². The summed E-state index contributed by atoms with van der Waals surface area (Å²) in [5, 5.41) is 3.72. The van der Waals surface area contributed by atoms with Crippen molar-refractivity contribution in [1.82, 2.24) is 10.3 Å². The van der Waals surface area contributed by atoms with Crippen molar-refractivity contribution in [3.8, 4) is 0 Å². The first-order valence-corrected chi connectivity index (χ1v) is 7.27. The zero-order chi connectivity index (χ0) is 16.2. The average Bonchev–Trinajstić information content (AvgIpc) is 2.55. The molecule has 0 spiro atoms. The molecule has 1 aromatic heterocycles. The summed E-state index contributed by atoms with van der Waals surface area (Å²) in [5.74, 6) is -0.343. The third-order valence-corrected chi connectivity index (χ3v) is 3.52. The number of guanidine groups is 1. The summed E-state index contributed by atoms with van der Waals surface area (Å²) in [4.78, 5) is 20.8. The van der Waals surface area contributed by atoms with Crippen LogP contribution in [0.1, 0.15) is 10.4 Å². The molecule has 1 amide bonds. The molecular weight excluding hydrogens is 312 g/mol. The predicted octanol–water partition coefficient (Wildman–Crippen LogP) is 3.26. The highest BCUT2D eigenvalue weighted by molar-refractivity contribution is 6.35. The first-order valence-electron chi connectivity index (χ1n) is 6.89. The molecule has 0 aliphatic rings. The number of nitrogens with two attached hydrogens (primary N) is 1. The Balaban J connectivity index is 1.90. The van der Waals surface area contributed by atoms with Crippen LogP contribution in [0.25, 0.3) is 10.9 Å². The molecule has 0 radical (unpaired) electrons. The van der Waals surface area contributed by atoms with E-state index in [-0.39, 0.29) is 11.9 Å². The molecule has 0 saturated heterocycles. The molecule has 1 heterocycles. The van der Waals surface area contributed by atoms with Gasteiger partial charge in [0.2, 0.25) is 5.96 Å². The molecule has 6 heteroatoms. The molecule has 3 rings (SSSR count). The Kier molecular flexibility index (Phi) is 4.21. The number of carbonyl (C=O) groups is 1. The van der Waals surface area contributed by atoms with E-state index in [1.54, 1.807) is 36.4 Å². The van der Waals surface area contributed by atoms with Gasteiger partial charge in [-0.1, -0.05) is 41.9 Å². The average molecular weight is 325 g/mol. The van der Waals surface area contributed by atoms with Crippen LogP contribution in [0, 0.1) is 0 Å². The second-order valence-electron chi connectivity index (χ2n) is 4.78. The maximum absolute atomic E-state index is 12.4. The maximum Gasteiger partial charge on any atom is 0.258 e. The first-order chi connectivity index (χ1) is 11.1. The van der Waals surface area contributed by atoms with E-state index in [1.807, 2.05) is 18.2 Å². The highest BCUT2D eigenvalue weighted by atomic mass is 35.5. The summed E-state index contributed by atoms with van der Waals surface area (Å²) in [6, 6.07) is 16.0. The van der Waals surface area contributed by atoms with Crippen molar-refractivity contribution >= 4 is 40.1 Å². The zero-order valence-corrected chi connectivity index (χ0v) is 12.8. The molecule has 0 fully saturated rings. The van der Waals surface area contributed by atoms with E-state index in [1.165, 1.54) is 6.20 Å². The van der Waals surface area contributed by atoms with E-state index < -0.39 is 0 Å². The molecule has 114 valence electrons. The minimum Gasteiger partial charge on any atom is -0.369 e. The Labute approximate surface area is 137 Å². The van der Waals surface area contributed by atoms with Gasteiger partial charge in [0.05, 0.1) is 21.8 Å². The summed E-state index contributed by atoms with van der Waals surface area (Å²) < 4.78 is 0. The fourth-order valence-corrected chi connectivity index (χ4v) is 2.41. The lowest BCUT2D eigenvalue weighted by molar-refractivity contribution is 0.0978. The number of nitrogens with zero attached hydrogens (tertiary/aromatic N) is 2. The van der Waals surface area contributed by atoms with Crippen molar-refractivity contribution in [1.29, 1.82) is 0 Å². The van der Waals surface area contributed by atoms with Gasteiger partial charge in [-0.3, -0.25) is 15.1 Å². The molecule has 0 aliphatic carbocycles. The van der Waals surface area contributed by atoms with Crippen molar-refractivity contribution in [2.45, 2.75) is 0 Å². The van der Waals surface area contributed by atoms with E-state index in [0.717, 1.165) is 0 Å². The van der Waals surface area contributed by atoms with Crippen molar-refractivity contribution in [2.75, 3.05) is 0 Å². The number of halogens is 1. The molecule has 23 heavy (non-hydrogen) atoms. The van der Waals surface area contributed by atoms with Crippen molar-refractivity contribution in [2.24, 2.45) is 10.7 Å². The first kappa shape index (κ1) is 15.0. The fourth-order valence-electron chi connectivity index (χ4n) is 2.19. The SMILES string of the molecule is NC(=Nc1ccccc1)NC(=O)c1ccnc2c(Cl)cccc12. The molecule has 0 atom stereocenters. The second kappa shape index (κ2) is 6.46. The smallest absolute Gasteiger partial charge is 0.258 e. The lowest BCUT2D eigenvalue weighted by Crippen LogP contribution is -2.36. The predicted molar refractivity (Wildman–Crippen MR) is 91.9 cm³/mol. The number of hydrogen-bond donors (Lipinski definition) is 2. The van der Waals surface area contributed by atoms with Crippen LogP contribution in [0.3, 0.4) is 0 Å². The minimum absolute atomic E-state index is 0.0215. The number of rotatable bonds is 2. The van der Waals surface area contributed by atoms with Crippen LogP contribution in [0.5, 0.6) is 0 Å². The lowest BCUT2D eigenvalue weighted by atomic mass is 10.1. The summed E-state index contributed by atoms with van der Waals surface area (Å²) >= 11 is 6.10. The Morgan fingerprint density at radius 1 is 1.09 bits per heavy atom. The number of para-hydroxylation sites is 2. The maximum atomic E-state index is 12.4. The van der Waals surface area contributed by atoms with Gasteiger partial charge >= 0.3 is 0 Å². The van der Waals surface area contributed by atoms with Gasteiger partial charge in [0, 0.05) is 11.6 Å². The van der Waals surface area contributed by atoms with Crippen LogP contribution >= 0.6 is 11.6 Å². The Morgan fingerprint density at radius 2 is 1.87 bits per heavy atom. The van der Waals surface area contributed by atoms with Crippen LogP contribution in [0.15, 0.2) is 65.8 Å². The third kappa shape index (κ3) is 3.30. The number of hydrogen-bond acceptors (Lipinski definition) is 3. The van der Waals surface area contributed by atoms with E-state index in [0.29, 0.717) is 27.2 Å².